The van der Waals surface area contributed by atoms with Gasteiger partial charge in [0.25, 0.3) is 0 Å². The lowest BCUT2D eigenvalue weighted by atomic mass is 10.0. The monoisotopic (exact) mass is 309 g/mol. The molecule has 22 heavy (non-hydrogen) atoms. The predicted molar refractivity (Wildman–Crippen MR) is 82.4 cm³/mol. The van der Waals surface area contributed by atoms with Gasteiger partial charge in [-0.1, -0.05) is 0 Å². The fourth-order valence-corrected chi connectivity index (χ4v) is 4.15. The minimum Gasteiger partial charge on any atom is -0.378 e. The number of amides is 2. The molecule has 3 aliphatic rings. The number of carbonyl (C=O) groups is 2. The van der Waals surface area contributed by atoms with Gasteiger partial charge < -0.3 is 14.5 Å². The number of hydrogen-bond donors (Lipinski definition) is 0. The molecule has 0 spiro atoms. The van der Waals surface area contributed by atoms with Crippen molar-refractivity contribution in [3.8, 4) is 0 Å². The quantitative estimate of drug-likeness (QED) is 0.753. The third kappa shape index (κ3) is 3.27. The summed E-state index contributed by atoms with van der Waals surface area (Å²) in [6, 6.07) is 0.661. The fourth-order valence-electron chi connectivity index (χ4n) is 4.15. The highest BCUT2D eigenvalue weighted by atomic mass is 16.5. The molecule has 3 heterocycles. The molecule has 0 saturated carbocycles. The summed E-state index contributed by atoms with van der Waals surface area (Å²) in [5.74, 6) is 0.386. The van der Waals surface area contributed by atoms with Gasteiger partial charge in [0.05, 0.1) is 19.8 Å². The van der Waals surface area contributed by atoms with Crippen molar-refractivity contribution >= 4 is 11.8 Å². The van der Waals surface area contributed by atoms with Crippen LogP contribution in [0, 0.1) is 0 Å². The lowest BCUT2D eigenvalue weighted by Gasteiger charge is -2.35. The van der Waals surface area contributed by atoms with Crippen LogP contribution in [0.2, 0.25) is 0 Å². The Morgan fingerprint density at radius 3 is 2.41 bits per heavy atom. The summed E-state index contributed by atoms with van der Waals surface area (Å²) in [6.45, 7) is 6.72. The second kappa shape index (κ2) is 6.96. The first-order chi connectivity index (χ1) is 10.7. The van der Waals surface area contributed by atoms with Gasteiger partial charge in [0, 0.05) is 38.6 Å². The van der Waals surface area contributed by atoms with Crippen LogP contribution in [0.15, 0.2) is 0 Å². The van der Waals surface area contributed by atoms with Crippen molar-refractivity contribution in [2.24, 2.45) is 0 Å². The Morgan fingerprint density at radius 1 is 1.00 bits per heavy atom. The summed E-state index contributed by atoms with van der Waals surface area (Å²) >= 11 is 0. The van der Waals surface area contributed by atoms with Gasteiger partial charge in [-0.3, -0.25) is 14.5 Å². The number of ether oxygens (including phenoxy) is 1. The van der Waals surface area contributed by atoms with Crippen molar-refractivity contribution in [3.63, 3.8) is 0 Å². The summed E-state index contributed by atoms with van der Waals surface area (Å²) in [4.78, 5) is 30.5. The molecule has 3 fully saturated rings. The Morgan fingerprint density at radius 2 is 1.68 bits per heavy atom. The highest BCUT2D eigenvalue weighted by molar-refractivity contribution is 5.78. The van der Waals surface area contributed by atoms with E-state index in [9.17, 15) is 9.59 Å². The van der Waals surface area contributed by atoms with Crippen molar-refractivity contribution in [2.75, 3.05) is 45.9 Å². The van der Waals surface area contributed by atoms with Crippen LogP contribution in [0.3, 0.4) is 0 Å². The SMILES string of the molecule is CC(=O)N1CCC[C@@H]1[C@H]1CCCN1CC(=O)N1CCOCC1. The molecule has 124 valence electrons. The molecule has 3 aliphatic heterocycles. The van der Waals surface area contributed by atoms with E-state index in [2.05, 4.69) is 4.90 Å². The highest BCUT2D eigenvalue weighted by Gasteiger charge is 2.39. The van der Waals surface area contributed by atoms with Gasteiger partial charge in [0.1, 0.15) is 0 Å². The molecular weight excluding hydrogens is 282 g/mol. The smallest absolute Gasteiger partial charge is 0.236 e. The largest absolute Gasteiger partial charge is 0.378 e. The molecule has 6 heteroatoms. The van der Waals surface area contributed by atoms with Gasteiger partial charge in [-0.2, -0.15) is 0 Å². The molecule has 3 rings (SSSR count). The van der Waals surface area contributed by atoms with Crippen molar-refractivity contribution < 1.29 is 14.3 Å². The van der Waals surface area contributed by atoms with E-state index < -0.39 is 0 Å². The maximum atomic E-state index is 12.5. The van der Waals surface area contributed by atoms with E-state index in [1.807, 2.05) is 9.80 Å². The van der Waals surface area contributed by atoms with Gasteiger partial charge in [0.15, 0.2) is 0 Å². The lowest BCUT2D eigenvalue weighted by molar-refractivity contribution is -0.137. The predicted octanol–water partition coefficient (Wildman–Crippen LogP) is 0.321. The first-order valence-corrected chi connectivity index (χ1v) is 8.53. The first-order valence-electron chi connectivity index (χ1n) is 8.53. The van der Waals surface area contributed by atoms with Gasteiger partial charge >= 0.3 is 0 Å². The van der Waals surface area contributed by atoms with Crippen LogP contribution in [-0.4, -0.2) is 84.5 Å². The minimum absolute atomic E-state index is 0.175. The Balaban J connectivity index is 1.60. The van der Waals surface area contributed by atoms with Crippen LogP contribution in [0.5, 0.6) is 0 Å². The van der Waals surface area contributed by atoms with Crippen LogP contribution >= 0.6 is 0 Å². The van der Waals surface area contributed by atoms with Gasteiger partial charge in [-0.15, -0.1) is 0 Å². The van der Waals surface area contributed by atoms with Gasteiger partial charge in [-0.05, 0) is 32.2 Å². The molecule has 0 N–H and O–H groups in total. The standard InChI is InChI=1S/C16H27N3O3/c1-13(20)19-7-3-5-15(19)14-4-2-6-18(14)12-16(21)17-8-10-22-11-9-17/h14-15H,2-12H2,1H3/t14-,15-/m1/s1. The first kappa shape index (κ1) is 15.7. The lowest BCUT2D eigenvalue weighted by Crippen LogP contribution is -2.51. The number of rotatable bonds is 3. The molecule has 2 atom stereocenters. The maximum absolute atomic E-state index is 12.5. The third-order valence-corrected chi connectivity index (χ3v) is 5.26. The number of carbonyl (C=O) groups excluding carboxylic acids is 2. The van der Waals surface area contributed by atoms with Crippen molar-refractivity contribution in [1.29, 1.82) is 0 Å². The second-order valence-electron chi connectivity index (χ2n) is 6.60. The van der Waals surface area contributed by atoms with E-state index in [1.165, 1.54) is 0 Å². The number of morpholine rings is 1. The Bertz CT molecular complexity index is 423. The summed E-state index contributed by atoms with van der Waals surface area (Å²) < 4.78 is 5.31. The molecule has 0 aliphatic carbocycles. The van der Waals surface area contributed by atoms with Gasteiger partial charge in [-0.25, -0.2) is 0 Å². The number of nitrogens with zero attached hydrogens (tertiary/aromatic N) is 3. The average molecular weight is 309 g/mol. The maximum Gasteiger partial charge on any atom is 0.236 e. The Kier molecular flexibility index (Phi) is 4.98. The molecule has 0 radical (unpaired) electrons. The van der Waals surface area contributed by atoms with Gasteiger partial charge in [0.2, 0.25) is 11.8 Å². The second-order valence-corrected chi connectivity index (χ2v) is 6.60. The van der Waals surface area contributed by atoms with Crippen LogP contribution in [-0.2, 0) is 14.3 Å². The van der Waals surface area contributed by atoms with Crippen molar-refractivity contribution in [1.82, 2.24) is 14.7 Å². The molecule has 2 amide bonds. The minimum atomic E-state index is 0.175. The zero-order chi connectivity index (χ0) is 15.5. The van der Waals surface area contributed by atoms with Crippen molar-refractivity contribution in [3.05, 3.63) is 0 Å². The molecule has 6 nitrogen and oxygen atoms in total. The van der Waals surface area contributed by atoms with E-state index in [0.29, 0.717) is 44.9 Å². The average Bonchev–Trinajstić information content (AvgIpc) is 3.16. The zero-order valence-corrected chi connectivity index (χ0v) is 13.5. The van der Waals surface area contributed by atoms with Crippen LogP contribution in [0.25, 0.3) is 0 Å². The number of hydrogen-bond acceptors (Lipinski definition) is 4. The van der Waals surface area contributed by atoms with E-state index in [1.54, 1.807) is 6.92 Å². The molecular formula is C16H27N3O3. The normalized spacial score (nSPS) is 30.0. The topological polar surface area (TPSA) is 53.1 Å². The van der Waals surface area contributed by atoms with Crippen LogP contribution < -0.4 is 0 Å². The summed E-state index contributed by atoms with van der Waals surface area (Å²) in [6.07, 6.45) is 4.40. The van der Waals surface area contributed by atoms with Crippen molar-refractivity contribution in [2.45, 2.75) is 44.7 Å². The van der Waals surface area contributed by atoms with E-state index in [-0.39, 0.29) is 11.8 Å². The molecule has 0 unspecified atom stereocenters. The third-order valence-electron chi connectivity index (χ3n) is 5.26. The summed E-state index contributed by atoms with van der Waals surface area (Å²) in [7, 11) is 0. The van der Waals surface area contributed by atoms with Crippen LogP contribution in [0.4, 0.5) is 0 Å². The van der Waals surface area contributed by atoms with Crippen LogP contribution in [0.1, 0.15) is 32.6 Å². The summed E-state index contributed by atoms with van der Waals surface area (Å²) in [5.41, 5.74) is 0. The summed E-state index contributed by atoms with van der Waals surface area (Å²) in [5, 5.41) is 0. The fraction of sp³-hybridized carbons (Fsp3) is 0.875. The van der Waals surface area contributed by atoms with E-state index >= 15 is 0 Å². The molecule has 0 bridgehead atoms. The molecule has 0 aromatic rings. The number of likely N-dealkylation sites (tertiary alicyclic amines) is 2. The van der Waals surface area contributed by atoms with E-state index in [4.69, 9.17) is 4.74 Å². The molecule has 0 aromatic carbocycles. The Hall–Kier alpha value is -1.14. The highest BCUT2D eigenvalue weighted by Crippen LogP contribution is 2.30. The molecule has 0 aromatic heterocycles. The zero-order valence-electron chi connectivity index (χ0n) is 13.5. The molecule has 3 saturated heterocycles. The Labute approximate surface area is 132 Å². The van der Waals surface area contributed by atoms with E-state index in [0.717, 1.165) is 38.8 Å².